The van der Waals surface area contributed by atoms with Crippen molar-refractivity contribution in [3.8, 4) is 11.3 Å². The summed E-state index contributed by atoms with van der Waals surface area (Å²) in [7, 11) is 0. The van der Waals surface area contributed by atoms with Gasteiger partial charge in [0, 0.05) is 43.0 Å². The smallest absolute Gasteiger partial charge is 0.416 e. The van der Waals surface area contributed by atoms with Crippen molar-refractivity contribution in [1.29, 1.82) is 0 Å². The first-order chi connectivity index (χ1) is 15.3. The van der Waals surface area contributed by atoms with Gasteiger partial charge in [0.1, 0.15) is 11.6 Å². The molecule has 3 aromatic rings. The molecule has 1 saturated heterocycles. The van der Waals surface area contributed by atoms with Crippen LogP contribution in [0.15, 0.2) is 59.2 Å². The molecule has 0 saturated carbocycles. The maximum atomic E-state index is 13.4. The minimum atomic E-state index is -4.43. The molecule has 4 rings (SSSR count). The molecule has 1 aliphatic rings. The molecular formula is C24H22F4N2O2. The van der Waals surface area contributed by atoms with E-state index in [4.69, 9.17) is 4.42 Å². The lowest BCUT2D eigenvalue weighted by Crippen LogP contribution is -2.49. The highest BCUT2D eigenvalue weighted by Gasteiger charge is 2.31. The van der Waals surface area contributed by atoms with E-state index in [0.29, 0.717) is 49.3 Å². The van der Waals surface area contributed by atoms with Crippen LogP contribution in [0.4, 0.5) is 23.2 Å². The standard InChI is InChI=1S/C24H22F4N2O2/c1-2-16-15-32-22(17-3-5-18(6-4-17)24(26,27)28)21(16)23(31)30-13-11-29(12-14-30)20-9-7-19(25)8-10-20/h3-10,15H,2,11-14H2,1H3. The van der Waals surface area contributed by atoms with Crippen LogP contribution >= 0.6 is 0 Å². The van der Waals surface area contributed by atoms with Crippen LogP contribution in [-0.2, 0) is 12.6 Å². The summed E-state index contributed by atoms with van der Waals surface area (Å²) in [6.45, 7) is 4.01. The van der Waals surface area contributed by atoms with Crippen LogP contribution in [0.2, 0.25) is 0 Å². The Hall–Kier alpha value is -3.29. The average Bonchev–Trinajstić information content (AvgIpc) is 3.23. The Balaban J connectivity index is 1.54. The van der Waals surface area contributed by atoms with Crippen molar-refractivity contribution in [2.24, 2.45) is 0 Å². The topological polar surface area (TPSA) is 36.7 Å². The molecule has 0 unspecified atom stereocenters. The van der Waals surface area contributed by atoms with Crippen LogP contribution in [-0.4, -0.2) is 37.0 Å². The third-order valence-electron chi connectivity index (χ3n) is 5.70. The molecule has 2 heterocycles. The number of carbonyl (C=O) groups excluding carboxylic acids is 1. The molecule has 0 radical (unpaired) electrons. The summed E-state index contributed by atoms with van der Waals surface area (Å²) in [6.07, 6.45) is -2.38. The van der Waals surface area contributed by atoms with Crippen molar-refractivity contribution in [3.63, 3.8) is 0 Å². The highest BCUT2D eigenvalue weighted by atomic mass is 19.4. The van der Waals surface area contributed by atoms with E-state index in [9.17, 15) is 22.4 Å². The van der Waals surface area contributed by atoms with E-state index in [0.717, 1.165) is 17.8 Å². The Morgan fingerprint density at radius 2 is 1.59 bits per heavy atom. The summed E-state index contributed by atoms with van der Waals surface area (Å²) in [6, 6.07) is 10.8. The fourth-order valence-electron chi connectivity index (χ4n) is 3.89. The molecule has 0 bridgehead atoms. The molecule has 0 spiro atoms. The van der Waals surface area contributed by atoms with E-state index in [-0.39, 0.29) is 17.5 Å². The molecular weight excluding hydrogens is 424 g/mol. The van der Waals surface area contributed by atoms with E-state index in [1.807, 2.05) is 6.92 Å². The Labute approximate surface area is 183 Å². The van der Waals surface area contributed by atoms with E-state index in [1.54, 1.807) is 17.0 Å². The molecule has 8 heteroatoms. The predicted octanol–water partition coefficient (Wildman–Crippen LogP) is 5.63. The van der Waals surface area contributed by atoms with Crippen LogP contribution in [0.5, 0.6) is 0 Å². The summed E-state index contributed by atoms with van der Waals surface area (Å²) < 4.78 is 57.5. The lowest BCUT2D eigenvalue weighted by atomic mass is 10.0. The maximum Gasteiger partial charge on any atom is 0.416 e. The van der Waals surface area contributed by atoms with Crippen molar-refractivity contribution >= 4 is 11.6 Å². The second-order valence-electron chi connectivity index (χ2n) is 7.65. The van der Waals surface area contributed by atoms with Crippen LogP contribution in [0.25, 0.3) is 11.3 Å². The predicted molar refractivity (Wildman–Crippen MR) is 113 cm³/mol. The van der Waals surface area contributed by atoms with Crippen LogP contribution in [0, 0.1) is 5.82 Å². The molecule has 1 fully saturated rings. The first-order valence-electron chi connectivity index (χ1n) is 10.4. The van der Waals surface area contributed by atoms with Crippen molar-refractivity contribution in [1.82, 2.24) is 4.90 Å². The fraction of sp³-hybridized carbons (Fsp3) is 0.292. The van der Waals surface area contributed by atoms with E-state index >= 15 is 0 Å². The van der Waals surface area contributed by atoms with Gasteiger partial charge in [-0.3, -0.25) is 4.79 Å². The van der Waals surface area contributed by atoms with Gasteiger partial charge in [0.15, 0.2) is 0 Å². The molecule has 0 N–H and O–H groups in total. The number of aryl methyl sites for hydroxylation is 1. The number of hydrogen-bond acceptors (Lipinski definition) is 3. The van der Waals surface area contributed by atoms with E-state index in [2.05, 4.69) is 4.90 Å². The zero-order valence-corrected chi connectivity index (χ0v) is 17.5. The highest BCUT2D eigenvalue weighted by molar-refractivity contribution is 6.01. The van der Waals surface area contributed by atoms with Crippen molar-refractivity contribution in [2.45, 2.75) is 19.5 Å². The van der Waals surface area contributed by atoms with Crippen molar-refractivity contribution in [3.05, 3.63) is 77.3 Å². The monoisotopic (exact) mass is 446 g/mol. The molecule has 0 aliphatic carbocycles. The zero-order valence-electron chi connectivity index (χ0n) is 17.5. The van der Waals surface area contributed by atoms with Gasteiger partial charge in [0.25, 0.3) is 5.91 Å². The fourth-order valence-corrected chi connectivity index (χ4v) is 3.89. The van der Waals surface area contributed by atoms with Gasteiger partial charge in [-0.25, -0.2) is 4.39 Å². The normalized spacial score (nSPS) is 14.7. The molecule has 4 nitrogen and oxygen atoms in total. The van der Waals surface area contributed by atoms with Gasteiger partial charge >= 0.3 is 6.18 Å². The Kier molecular flexibility index (Phi) is 5.95. The van der Waals surface area contributed by atoms with Gasteiger partial charge in [0.2, 0.25) is 0 Å². The Morgan fingerprint density at radius 3 is 2.16 bits per heavy atom. The summed E-state index contributed by atoms with van der Waals surface area (Å²) in [5.74, 6) is -0.226. The number of amides is 1. The third kappa shape index (κ3) is 4.35. The largest absolute Gasteiger partial charge is 0.463 e. The lowest BCUT2D eigenvalue weighted by molar-refractivity contribution is -0.137. The molecule has 1 amide bonds. The number of piperazine rings is 1. The Bertz CT molecular complexity index is 1080. The molecule has 168 valence electrons. The first-order valence-corrected chi connectivity index (χ1v) is 10.4. The van der Waals surface area contributed by atoms with E-state index < -0.39 is 11.7 Å². The molecule has 2 aromatic carbocycles. The van der Waals surface area contributed by atoms with Gasteiger partial charge in [-0.05, 0) is 42.8 Å². The van der Waals surface area contributed by atoms with Crippen LogP contribution < -0.4 is 4.90 Å². The van der Waals surface area contributed by atoms with Gasteiger partial charge in [-0.1, -0.05) is 19.1 Å². The number of hydrogen-bond donors (Lipinski definition) is 0. The number of carbonyl (C=O) groups is 1. The number of alkyl halides is 3. The number of halogens is 4. The first kappa shape index (κ1) is 21.9. The number of benzene rings is 2. The highest BCUT2D eigenvalue weighted by Crippen LogP contribution is 2.34. The second kappa shape index (κ2) is 8.68. The lowest BCUT2D eigenvalue weighted by Gasteiger charge is -2.36. The van der Waals surface area contributed by atoms with E-state index in [1.165, 1.54) is 30.5 Å². The minimum Gasteiger partial charge on any atom is -0.463 e. The number of nitrogens with zero attached hydrogens (tertiary/aromatic N) is 2. The SMILES string of the molecule is CCc1coc(-c2ccc(C(F)(F)F)cc2)c1C(=O)N1CCN(c2ccc(F)cc2)CC1. The molecule has 1 aliphatic heterocycles. The van der Waals surface area contributed by atoms with Gasteiger partial charge in [0.05, 0.1) is 17.4 Å². The maximum absolute atomic E-state index is 13.4. The van der Waals surface area contributed by atoms with Crippen LogP contribution in [0.3, 0.4) is 0 Å². The minimum absolute atomic E-state index is 0.204. The molecule has 0 atom stereocenters. The number of rotatable bonds is 4. The summed E-state index contributed by atoms with van der Waals surface area (Å²) >= 11 is 0. The molecule has 32 heavy (non-hydrogen) atoms. The van der Waals surface area contributed by atoms with Gasteiger partial charge in [-0.2, -0.15) is 13.2 Å². The second-order valence-corrected chi connectivity index (χ2v) is 7.65. The summed E-state index contributed by atoms with van der Waals surface area (Å²) in [5, 5.41) is 0. The number of anilines is 1. The Morgan fingerprint density at radius 1 is 0.969 bits per heavy atom. The van der Waals surface area contributed by atoms with Gasteiger partial charge < -0.3 is 14.2 Å². The quantitative estimate of drug-likeness (QED) is 0.488. The van der Waals surface area contributed by atoms with Gasteiger partial charge in [-0.15, -0.1) is 0 Å². The molecule has 1 aromatic heterocycles. The summed E-state index contributed by atoms with van der Waals surface area (Å²) in [4.78, 5) is 17.2. The van der Waals surface area contributed by atoms with Crippen molar-refractivity contribution < 1.29 is 26.8 Å². The zero-order chi connectivity index (χ0) is 22.9. The average molecular weight is 446 g/mol. The number of furan rings is 1. The van der Waals surface area contributed by atoms with Crippen LogP contribution in [0.1, 0.15) is 28.4 Å². The van der Waals surface area contributed by atoms with Crippen molar-refractivity contribution in [2.75, 3.05) is 31.1 Å². The summed E-state index contributed by atoms with van der Waals surface area (Å²) in [5.41, 5.74) is 1.66. The third-order valence-corrected chi connectivity index (χ3v) is 5.70.